The first-order chi connectivity index (χ1) is 10.1. The average Bonchev–Trinajstić information content (AvgIpc) is 2.46. The Bertz CT molecular complexity index is 455. The lowest BCUT2D eigenvalue weighted by molar-refractivity contribution is 0.128. The second kappa shape index (κ2) is 9.44. The van der Waals surface area contributed by atoms with Gasteiger partial charge in [0.15, 0.2) is 0 Å². The molecule has 0 heterocycles. The van der Waals surface area contributed by atoms with Crippen LogP contribution in [0.3, 0.4) is 0 Å². The molecule has 118 valence electrons. The zero-order valence-corrected chi connectivity index (χ0v) is 12.7. The van der Waals surface area contributed by atoms with E-state index in [1.54, 1.807) is 26.4 Å². The highest BCUT2D eigenvalue weighted by Gasteiger charge is 2.11. The number of amidine groups is 1. The van der Waals surface area contributed by atoms with E-state index in [1.807, 2.05) is 0 Å². The van der Waals surface area contributed by atoms with Gasteiger partial charge >= 0.3 is 0 Å². The third-order valence-electron chi connectivity index (χ3n) is 3.19. The molecule has 6 heteroatoms. The van der Waals surface area contributed by atoms with Crippen molar-refractivity contribution in [2.24, 2.45) is 5.73 Å². The molecular weight excluding hydrogens is 273 g/mol. The van der Waals surface area contributed by atoms with E-state index >= 15 is 0 Å². The molecule has 0 atom stereocenters. The van der Waals surface area contributed by atoms with Crippen LogP contribution in [0.5, 0.6) is 0 Å². The Hall–Kier alpha value is -1.50. The van der Waals surface area contributed by atoms with Crippen molar-refractivity contribution in [1.82, 2.24) is 4.90 Å². The van der Waals surface area contributed by atoms with Gasteiger partial charge in [-0.1, -0.05) is 12.1 Å². The summed E-state index contributed by atoms with van der Waals surface area (Å²) in [5, 5.41) is 7.32. The number of nitrogens with zero attached hydrogens (tertiary/aromatic N) is 1. The van der Waals surface area contributed by atoms with E-state index in [0.29, 0.717) is 30.9 Å². The van der Waals surface area contributed by atoms with E-state index < -0.39 is 0 Å². The van der Waals surface area contributed by atoms with E-state index in [-0.39, 0.29) is 11.7 Å². The summed E-state index contributed by atoms with van der Waals surface area (Å²) in [6.07, 6.45) is 0.882. The monoisotopic (exact) mass is 297 g/mol. The standard InChI is InChI=1S/C15H24FN3O2/c1-20-8-3-6-19(7-9-21-2)11-13-5-4-12(15(17)18)10-14(13)16/h4-5,10H,3,6-9,11H2,1-2H3,(H3,17,18). The van der Waals surface area contributed by atoms with Crippen molar-refractivity contribution in [2.75, 3.05) is 40.5 Å². The normalized spacial score (nSPS) is 11.0. The SMILES string of the molecule is COCCCN(CCOC)Cc1ccc(C(=N)N)cc1F. The number of nitrogens with one attached hydrogen (secondary N) is 1. The number of nitrogen functional groups attached to an aromatic ring is 1. The van der Waals surface area contributed by atoms with E-state index in [1.165, 1.54) is 6.07 Å². The molecule has 0 saturated carbocycles. The Morgan fingerprint density at radius 2 is 1.95 bits per heavy atom. The topological polar surface area (TPSA) is 71.6 Å². The number of hydrogen-bond donors (Lipinski definition) is 2. The van der Waals surface area contributed by atoms with Crippen molar-refractivity contribution in [3.63, 3.8) is 0 Å². The molecule has 1 rings (SSSR count). The minimum absolute atomic E-state index is 0.128. The van der Waals surface area contributed by atoms with Crippen LogP contribution in [0.25, 0.3) is 0 Å². The van der Waals surface area contributed by atoms with Crippen LogP contribution in [0.1, 0.15) is 17.5 Å². The first-order valence-electron chi connectivity index (χ1n) is 6.91. The van der Waals surface area contributed by atoms with E-state index in [9.17, 15) is 4.39 Å². The fourth-order valence-corrected chi connectivity index (χ4v) is 2.01. The Labute approximate surface area is 125 Å². The molecule has 1 aromatic carbocycles. The smallest absolute Gasteiger partial charge is 0.128 e. The number of benzene rings is 1. The Kier molecular flexibility index (Phi) is 7.89. The number of methoxy groups -OCH3 is 2. The Morgan fingerprint density at radius 3 is 2.52 bits per heavy atom. The van der Waals surface area contributed by atoms with Crippen LogP contribution in [-0.4, -0.2) is 51.3 Å². The molecule has 21 heavy (non-hydrogen) atoms. The zero-order chi connectivity index (χ0) is 15.7. The molecule has 1 aromatic rings. The maximum absolute atomic E-state index is 14.0. The molecule has 0 aliphatic carbocycles. The Morgan fingerprint density at radius 1 is 1.24 bits per heavy atom. The molecular formula is C15H24FN3O2. The summed E-state index contributed by atoms with van der Waals surface area (Å²) in [4.78, 5) is 2.12. The van der Waals surface area contributed by atoms with E-state index in [4.69, 9.17) is 20.6 Å². The third-order valence-corrected chi connectivity index (χ3v) is 3.19. The molecule has 3 N–H and O–H groups in total. The molecule has 0 bridgehead atoms. The summed E-state index contributed by atoms with van der Waals surface area (Å²) in [5.41, 5.74) is 6.35. The fraction of sp³-hybridized carbons (Fsp3) is 0.533. The van der Waals surface area contributed by atoms with Crippen molar-refractivity contribution in [3.05, 3.63) is 35.1 Å². The highest BCUT2D eigenvalue weighted by atomic mass is 19.1. The second-order valence-electron chi connectivity index (χ2n) is 4.84. The molecule has 0 fully saturated rings. The minimum Gasteiger partial charge on any atom is -0.385 e. The van der Waals surface area contributed by atoms with Crippen molar-refractivity contribution >= 4 is 5.84 Å². The molecule has 0 unspecified atom stereocenters. The number of nitrogens with two attached hydrogens (primary N) is 1. The quantitative estimate of drug-likeness (QED) is 0.391. The van der Waals surface area contributed by atoms with Gasteiger partial charge in [0.25, 0.3) is 0 Å². The zero-order valence-electron chi connectivity index (χ0n) is 12.7. The van der Waals surface area contributed by atoms with Crippen LogP contribution in [-0.2, 0) is 16.0 Å². The van der Waals surface area contributed by atoms with Crippen LogP contribution in [0.15, 0.2) is 18.2 Å². The molecule has 0 radical (unpaired) electrons. The maximum atomic E-state index is 14.0. The molecule has 0 aliphatic rings. The first kappa shape index (κ1) is 17.6. The second-order valence-corrected chi connectivity index (χ2v) is 4.84. The predicted octanol–water partition coefficient (Wildman–Crippen LogP) is 1.59. The van der Waals surface area contributed by atoms with Crippen LogP contribution in [0, 0.1) is 11.2 Å². The molecule has 0 aromatic heterocycles. The molecule has 0 saturated heterocycles. The van der Waals surface area contributed by atoms with Crippen LogP contribution in [0.2, 0.25) is 0 Å². The van der Waals surface area contributed by atoms with Gasteiger partial charge in [0, 0.05) is 51.6 Å². The van der Waals surface area contributed by atoms with Crippen molar-refractivity contribution < 1.29 is 13.9 Å². The number of halogens is 1. The highest BCUT2D eigenvalue weighted by Crippen LogP contribution is 2.13. The van der Waals surface area contributed by atoms with Gasteiger partial charge in [-0.3, -0.25) is 10.3 Å². The summed E-state index contributed by atoms with van der Waals surface area (Å²) < 4.78 is 24.2. The van der Waals surface area contributed by atoms with Crippen LogP contribution in [0.4, 0.5) is 4.39 Å². The summed E-state index contributed by atoms with van der Waals surface area (Å²) in [5.74, 6) is -0.464. The summed E-state index contributed by atoms with van der Waals surface area (Å²) >= 11 is 0. The number of rotatable bonds is 10. The Balaban J connectivity index is 2.69. The fourth-order valence-electron chi connectivity index (χ4n) is 2.01. The van der Waals surface area contributed by atoms with E-state index in [0.717, 1.165) is 19.5 Å². The summed E-state index contributed by atoms with van der Waals surface area (Å²) in [6, 6.07) is 4.66. The predicted molar refractivity (Wildman–Crippen MR) is 81.1 cm³/mol. The van der Waals surface area contributed by atoms with Gasteiger partial charge in [-0.25, -0.2) is 4.39 Å². The van der Waals surface area contributed by atoms with Crippen molar-refractivity contribution in [2.45, 2.75) is 13.0 Å². The number of hydrogen-bond acceptors (Lipinski definition) is 4. The largest absolute Gasteiger partial charge is 0.385 e. The number of ether oxygens (including phenoxy) is 2. The van der Waals surface area contributed by atoms with Gasteiger partial charge < -0.3 is 15.2 Å². The molecule has 0 aliphatic heterocycles. The van der Waals surface area contributed by atoms with E-state index in [2.05, 4.69) is 4.90 Å². The van der Waals surface area contributed by atoms with Crippen molar-refractivity contribution in [3.8, 4) is 0 Å². The van der Waals surface area contributed by atoms with Crippen LogP contribution < -0.4 is 5.73 Å². The lowest BCUT2D eigenvalue weighted by atomic mass is 10.1. The molecule has 0 amide bonds. The minimum atomic E-state index is -0.336. The van der Waals surface area contributed by atoms with Gasteiger partial charge in [0.05, 0.1) is 6.61 Å². The van der Waals surface area contributed by atoms with Gasteiger partial charge in [-0.2, -0.15) is 0 Å². The lowest BCUT2D eigenvalue weighted by Crippen LogP contribution is -2.29. The van der Waals surface area contributed by atoms with Gasteiger partial charge in [-0.05, 0) is 12.5 Å². The summed E-state index contributed by atoms with van der Waals surface area (Å²) in [7, 11) is 3.31. The highest BCUT2D eigenvalue weighted by molar-refractivity contribution is 5.94. The van der Waals surface area contributed by atoms with Gasteiger partial charge in [0.1, 0.15) is 11.7 Å². The molecule has 0 spiro atoms. The van der Waals surface area contributed by atoms with Crippen molar-refractivity contribution in [1.29, 1.82) is 5.41 Å². The van der Waals surface area contributed by atoms with Gasteiger partial charge in [-0.15, -0.1) is 0 Å². The first-order valence-corrected chi connectivity index (χ1v) is 6.91. The molecule has 5 nitrogen and oxygen atoms in total. The lowest BCUT2D eigenvalue weighted by Gasteiger charge is -2.22. The third kappa shape index (κ3) is 6.20. The summed E-state index contributed by atoms with van der Waals surface area (Å²) in [6.45, 7) is 3.31. The average molecular weight is 297 g/mol. The maximum Gasteiger partial charge on any atom is 0.128 e. The van der Waals surface area contributed by atoms with Crippen LogP contribution >= 0.6 is 0 Å². The van der Waals surface area contributed by atoms with Gasteiger partial charge in [0.2, 0.25) is 0 Å².